The average Bonchev–Trinajstić information content (AvgIpc) is 2.80. The summed E-state index contributed by atoms with van der Waals surface area (Å²) >= 11 is 0. The molecule has 0 saturated carbocycles. The molecule has 1 atom stereocenters. The summed E-state index contributed by atoms with van der Waals surface area (Å²) in [6.07, 6.45) is 0.424. The maximum Gasteiger partial charge on any atom is 0.261 e. The van der Waals surface area contributed by atoms with Crippen molar-refractivity contribution in [2.75, 3.05) is 13.2 Å². The van der Waals surface area contributed by atoms with E-state index in [-0.39, 0.29) is 18.4 Å². The van der Waals surface area contributed by atoms with Crippen molar-refractivity contribution in [1.29, 1.82) is 0 Å². The molecule has 0 bridgehead atoms. The number of carbonyl (C=O) groups is 2. The monoisotopic (exact) mass is 458 g/mol. The molecule has 178 valence electrons. The van der Waals surface area contributed by atoms with E-state index in [1.807, 2.05) is 94.4 Å². The van der Waals surface area contributed by atoms with E-state index in [0.717, 1.165) is 27.8 Å². The van der Waals surface area contributed by atoms with Gasteiger partial charge in [-0.15, -0.1) is 0 Å². The molecule has 5 nitrogen and oxygen atoms in total. The van der Waals surface area contributed by atoms with Crippen LogP contribution in [0.5, 0.6) is 5.75 Å². The summed E-state index contributed by atoms with van der Waals surface area (Å²) in [7, 11) is 0. The molecule has 0 aliphatic rings. The topological polar surface area (TPSA) is 58.6 Å². The molecule has 3 rings (SSSR count). The zero-order valence-corrected chi connectivity index (χ0v) is 20.5. The number of amides is 2. The zero-order valence-electron chi connectivity index (χ0n) is 20.5. The summed E-state index contributed by atoms with van der Waals surface area (Å²) in [4.78, 5) is 28.4. The predicted molar refractivity (Wildman–Crippen MR) is 136 cm³/mol. The molecule has 2 amide bonds. The molecule has 0 saturated heterocycles. The predicted octanol–water partition coefficient (Wildman–Crippen LogP) is 4.77. The molecule has 3 aromatic carbocycles. The van der Waals surface area contributed by atoms with Crippen LogP contribution in [0.4, 0.5) is 0 Å². The quantitative estimate of drug-likeness (QED) is 0.476. The maximum atomic E-state index is 13.5. The van der Waals surface area contributed by atoms with Gasteiger partial charge in [0.15, 0.2) is 6.61 Å². The molecule has 5 heteroatoms. The molecular weight excluding hydrogens is 424 g/mol. The Labute approximate surface area is 202 Å². The van der Waals surface area contributed by atoms with Gasteiger partial charge in [0.2, 0.25) is 5.91 Å². The van der Waals surface area contributed by atoms with Crippen molar-refractivity contribution in [1.82, 2.24) is 10.2 Å². The van der Waals surface area contributed by atoms with Crippen molar-refractivity contribution in [2.45, 2.75) is 46.7 Å². The lowest BCUT2D eigenvalue weighted by atomic mass is 10.0. The van der Waals surface area contributed by atoms with Crippen LogP contribution in [-0.2, 0) is 22.6 Å². The first kappa shape index (κ1) is 25.0. The van der Waals surface area contributed by atoms with Gasteiger partial charge in [0.05, 0.1) is 0 Å². The molecule has 3 aromatic rings. The number of aryl methyl sites for hydroxylation is 3. The SMILES string of the molecule is CCNC(=O)C(Cc1ccccc1)N(Cc1cccc(C)c1)C(=O)COc1cc(C)cc(C)c1. The van der Waals surface area contributed by atoms with E-state index in [1.54, 1.807) is 4.90 Å². The minimum Gasteiger partial charge on any atom is -0.484 e. The van der Waals surface area contributed by atoms with Crippen LogP contribution in [0.3, 0.4) is 0 Å². The third-order valence-electron chi connectivity index (χ3n) is 5.62. The highest BCUT2D eigenvalue weighted by Gasteiger charge is 2.30. The standard InChI is InChI=1S/C29H34N2O3/c1-5-30-29(33)27(18-24-11-7-6-8-12-24)31(19-25-13-9-10-21(2)15-25)28(32)20-34-26-16-22(3)14-23(4)17-26/h6-17,27H,5,18-20H2,1-4H3,(H,30,33). The van der Waals surface area contributed by atoms with Crippen molar-refractivity contribution in [3.63, 3.8) is 0 Å². The Morgan fingerprint density at radius 1 is 0.853 bits per heavy atom. The minimum atomic E-state index is -0.654. The minimum absolute atomic E-state index is 0.139. The Bertz CT molecular complexity index is 1090. The van der Waals surface area contributed by atoms with Gasteiger partial charge in [-0.2, -0.15) is 0 Å². The fourth-order valence-corrected chi connectivity index (χ4v) is 4.10. The lowest BCUT2D eigenvalue weighted by Crippen LogP contribution is -2.51. The molecule has 1 unspecified atom stereocenters. The average molecular weight is 459 g/mol. The number of likely N-dealkylation sites (N-methyl/N-ethyl adjacent to an activating group) is 1. The van der Waals surface area contributed by atoms with Crippen LogP contribution in [-0.4, -0.2) is 35.9 Å². The number of nitrogens with one attached hydrogen (secondary N) is 1. The first-order valence-electron chi connectivity index (χ1n) is 11.7. The lowest BCUT2D eigenvalue weighted by Gasteiger charge is -2.31. The smallest absolute Gasteiger partial charge is 0.261 e. The maximum absolute atomic E-state index is 13.5. The van der Waals surface area contributed by atoms with Crippen LogP contribution in [0.2, 0.25) is 0 Å². The summed E-state index contributed by atoms with van der Waals surface area (Å²) < 4.78 is 5.89. The van der Waals surface area contributed by atoms with Gasteiger partial charge in [-0.25, -0.2) is 0 Å². The van der Waals surface area contributed by atoms with Crippen molar-refractivity contribution in [3.05, 3.63) is 101 Å². The van der Waals surface area contributed by atoms with Gasteiger partial charge >= 0.3 is 0 Å². The van der Waals surface area contributed by atoms with Crippen LogP contribution < -0.4 is 10.1 Å². The number of carbonyl (C=O) groups excluding carboxylic acids is 2. The van der Waals surface area contributed by atoms with E-state index < -0.39 is 6.04 Å². The highest BCUT2D eigenvalue weighted by molar-refractivity contribution is 5.88. The molecular formula is C29H34N2O3. The number of nitrogens with zero attached hydrogens (tertiary/aromatic N) is 1. The molecule has 0 fully saturated rings. The van der Waals surface area contributed by atoms with Crippen molar-refractivity contribution < 1.29 is 14.3 Å². The first-order chi connectivity index (χ1) is 16.4. The van der Waals surface area contributed by atoms with Crippen molar-refractivity contribution in [3.8, 4) is 5.75 Å². The van der Waals surface area contributed by atoms with Crippen LogP contribution in [0.15, 0.2) is 72.8 Å². The summed E-state index contributed by atoms with van der Waals surface area (Å²) in [6.45, 7) is 8.57. The molecule has 0 aromatic heterocycles. The van der Waals surface area contributed by atoms with Gasteiger partial charge in [0.1, 0.15) is 11.8 Å². The Morgan fingerprint density at radius 3 is 2.18 bits per heavy atom. The molecule has 34 heavy (non-hydrogen) atoms. The first-order valence-corrected chi connectivity index (χ1v) is 11.7. The Morgan fingerprint density at radius 2 is 1.53 bits per heavy atom. The molecule has 0 radical (unpaired) electrons. The van der Waals surface area contributed by atoms with Crippen LogP contribution >= 0.6 is 0 Å². The highest BCUT2D eigenvalue weighted by Crippen LogP contribution is 2.19. The van der Waals surface area contributed by atoms with Gasteiger partial charge in [-0.1, -0.05) is 66.2 Å². The second-order valence-electron chi connectivity index (χ2n) is 8.72. The molecule has 1 N–H and O–H groups in total. The number of rotatable bonds is 10. The van der Waals surface area contributed by atoms with Crippen LogP contribution in [0, 0.1) is 20.8 Å². The van der Waals surface area contributed by atoms with Gasteiger partial charge in [0.25, 0.3) is 5.91 Å². The summed E-state index contributed by atoms with van der Waals surface area (Å²) in [5.74, 6) is 0.255. The normalized spacial score (nSPS) is 11.5. The Balaban J connectivity index is 1.90. The highest BCUT2D eigenvalue weighted by atomic mass is 16.5. The Kier molecular flexibility index (Phi) is 8.86. The van der Waals surface area contributed by atoms with Crippen LogP contribution in [0.25, 0.3) is 0 Å². The number of ether oxygens (including phenoxy) is 1. The van der Waals surface area contributed by atoms with Crippen molar-refractivity contribution in [2.24, 2.45) is 0 Å². The third kappa shape index (κ3) is 7.20. The number of hydrogen-bond acceptors (Lipinski definition) is 3. The number of hydrogen-bond donors (Lipinski definition) is 1. The lowest BCUT2D eigenvalue weighted by molar-refractivity contribution is -0.142. The van der Waals surface area contributed by atoms with E-state index in [1.165, 1.54) is 0 Å². The molecule has 0 heterocycles. The third-order valence-corrected chi connectivity index (χ3v) is 5.62. The van der Waals surface area contributed by atoms with Crippen LogP contribution in [0.1, 0.15) is 34.7 Å². The van der Waals surface area contributed by atoms with Gasteiger partial charge in [0, 0.05) is 19.5 Å². The molecule has 0 aliphatic heterocycles. The summed E-state index contributed by atoms with van der Waals surface area (Å²) in [6, 6.07) is 23.0. The van der Waals surface area contributed by atoms with E-state index in [2.05, 4.69) is 11.4 Å². The molecule has 0 aliphatic carbocycles. The summed E-state index contributed by atoms with van der Waals surface area (Å²) in [5, 5.41) is 2.91. The van der Waals surface area contributed by atoms with E-state index in [0.29, 0.717) is 25.3 Å². The van der Waals surface area contributed by atoms with Gasteiger partial charge in [-0.3, -0.25) is 9.59 Å². The largest absolute Gasteiger partial charge is 0.484 e. The second kappa shape index (κ2) is 12.0. The van der Waals surface area contributed by atoms with E-state index in [4.69, 9.17) is 4.74 Å². The van der Waals surface area contributed by atoms with Crippen molar-refractivity contribution >= 4 is 11.8 Å². The fourth-order valence-electron chi connectivity index (χ4n) is 4.10. The molecule has 0 spiro atoms. The zero-order chi connectivity index (χ0) is 24.5. The van der Waals surface area contributed by atoms with E-state index >= 15 is 0 Å². The van der Waals surface area contributed by atoms with E-state index in [9.17, 15) is 9.59 Å². The fraction of sp³-hybridized carbons (Fsp3) is 0.310. The van der Waals surface area contributed by atoms with Gasteiger partial charge in [-0.05, 0) is 62.1 Å². The summed E-state index contributed by atoms with van der Waals surface area (Å²) in [5.41, 5.74) is 5.22. The second-order valence-corrected chi connectivity index (χ2v) is 8.72. The Hall–Kier alpha value is -3.60. The van der Waals surface area contributed by atoms with Gasteiger partial charge < -0.3 is 15.0 Å². The number of benzene rings is 3.